The topological polar surface area (TPSA) is 76.3 Å². The molecule has 0 radical (unpaired) electrons. The predicted molar refractivity (Wildman–Crippen MR) is 142 cm³/mol. The Hall–Kier alpha value is -3.99. The Balaban J connectivity index is 1.28. The summed E-state index contributed by atoms with van der Waals surface area (Å²) in [5.74, 6) is 7.75. The van der Waals surface area contributed by atoms with E-state index in [1.165, 1.54) is 18.1 Å². The molecule has 188 valence electrons. The van der Waals surface area contributed by atoms with Crippen molar-refractivity contribution in [1.29, 1.82) is 0 Å². The van der Waals surface area contributed by atoms with E-state index in [-0.39, 0.29) is 11.7 Å². The van der Waals surface area contributed by atoms with Crippen LogP contribution in [0.4, 0.5) is 0 Å². The molecular formula is C30H31N5O2. The summed E-state index contributed by atoms with van der Waals surface area (Å²) < 4.78 is 7.56. The zero-order valence-corrected chi connectivity index (χ0v) is 21.0. The Morgan fingerprint density at radius 2 is 1.68 bits per heavy atom. The fourth-order valence-corrected chi connectivity index (χ4v) is 4.55. The number of rotatable bonds is 7. The minimum absolute atomic E-state index is 0.106. The Labute approximate surface area is 217 Å². The number of morpholine rings is 1. The SMILES string of the molecule is Cc1nccn1C[C@@H](Cc1ncncc1O)c1ccc(C#Cc2ccc(CN3CCOCC3)cc2)cc1. The van der Waals surface area contributed by atoms with Gasteiger partial charge in [-0.05, 0) is 42.3 Å². The van der Waals surface area contributed by atoms with Crippen molar-refractivity contribution in [2.75, 3.05) is 26.3 Å². The highest BCUT2D eigenvalue weighted by Crippen LogP contribution is 2.26. The van der Waals surface area contributed by atoms with E-state index in [1.54, 1.807) is 0 Å². The van der Waals surface area contributed by atoms with Gasteiger partial charge in [0.05, 0.1) is 25.1 Å². The average molecular weight is 494 g/mol. The highest BCUT2D eigenvalue weighted by molar-refractivity contribution is 5.44. The summed E-state index contributed by atoms with van der Waals surface area (Å²) in [6.45, 7) is 7.28. The number of aromatic hydroxyl groups is 1. The van der Waals surface area contributed by atoms with E-state index in [0.717, 1.165) is 61.9 Å². The normalized spacial score (nSPS) is 14.6. The second-order valence-corrected chi connectivity index (χ2v) is 9.34. The molecule has 0 aliphatic carbocycles. The first-order valence-corrected chi connectivity index (χ1v) is 12.6. The lowest BCUT2D eigenvalue weighted by Gasteiger charge is -2.26. The van der Waals surface area contributed by atoms with Gasteiger partial charge in [0.25, 0.3) is 0 Å². The van der Waals surface area contributed by atoms with Crippen LogP contribution in [0.3, 0.4) is 0 Å². The Bertz CT molecular complexity index is 1360. The van der Waals surface area contributed by atoms with Crippen molar-refractivity contribution >= 4 is 0 Å². The van der Waals surface area contributed by atoms with Crippen LogP contribution < -0.4 is 0 Å². The van der Waals surface area contributed by atoms with Gasteiger partial charge in [0.15, 0.2) is 5.75 Å². The average Bonchev–Trinajstić information content (AvgIpc) is 3.34. The zero-order valence-electron chi connectivity index (χ0n) is 21.0. The first-order chi connectivity index (χ1) is 18.1. The van der Waals surface area contributed by atoms with Crippen molar-refractivity contribution in [2.24, 2.45) is 0 Å². The molecule has 4 aromatic rings. The van der Waals surface area contributed by atoms with Gasteiger partial charge >= 0.3 is 0 Å². The molecule has 1 fully saturated rings. The number of hydrogen-bond donors (Lipinski definition) is 1. The van der Waals surface area contributed by atoms with Gasteiger partial charge in [0.1, 0.15) is 12.2 Å². The lowest BCUT2D eigenvalue weighted by atomic mass is 9.92. The third kappa shape index (κ3) is 6.62. The zero-order chi connectivity index (χ0) is 25.5. The standard InChI is InChI=1S/C30H31N5O2/c1-23-32-12-13-35(23)21-28(18-29-30(36)19-31-22-33-29)27-10-8-25(9-11-27)3-2-24-4-6-26(7-5-24)20-34-14-16-37-17-15-34/h4-13,19,22,28,36H,14-18,20-21H2,1H3/t28-/m1/s1. The number of ether oxygens (including phenoxy) is 1. The lowest BCUT2D eigenvalue weighted by molar-refractivity contribution is 0.0342. The monoisotopic (exact) mass is 493 g/mol. The Morgan fingerprint density at radius 1 is 0.973 bits per heavy atom. The van der Waals surface area contributed by atoms with Crippen LogP contribution in [0.5, 0.6) is 5.75 Å². The van der Waals surface area contributed by atoms with Gasteiger partial charge in [0, 0.05) is 62.0 Å². The van der Waals surface area contributed by atoms with Gasteiger partial charge < -0.3 is 14.4 Å². The fourth-order valence-electron chi connectivity index (χ4n) is 4.55. The van der Waals surface area contributed by atoms with Gasteiger partial charge in [0.2, 0.25) is 0 Å². The van der Waals surface area contributed by atoms with E-state index < -0.39 is 0 Å². The molecule has 7 nitrogen and oxygen atoms in total. The number of nitrogens with zero attached hydrogens (tertiary/aromatic N) is 5. The molecule has 0 saturated carbocycles. The summed E-state index contributed by atoms with van der Waals surface area (Å²) in [6.07, 6.45) is 7.29. The van der Waals surface area contributed by atoms with E-state index in [1.807, 2.05) is 19.3 Å². The van der Waals surface area contributed by atoms with Crippen LogP contribution in [0.15, 0.2) is 73.4 Å². The second kappa shape index (κ2) is 11.8. The molecule has 0 unspecified atom stereocenters. The van der Waals surface area contributed by atoms with E-state index in [0.29, 0.717) is 12.1 Å². The van der Waals surface area contributed by atoms with Gasteiger partial charge in [-0.3, -0.25) is 4.90 Å². The fraction of sp³-hybridized carbons (Fsp3) is 0.300. The molecule has 2 aromatic carbocycles. The molecule has 3 heterocycles. The summed E-state index contributed by atoms with van der Waals surface area (Å²) in [6, 6.07) is 16.9. The number of aromatic nitrogens is 4. The summed E-state index contributed by atoms with van der Waals surface area (Å²) >= 11 is 0. The van der Waals surface area contributed by atoms with Crippen LogP contribution in [0.1, 0.15) is 39.7 Å². The lowest BCUT2D eigenvalue weighted by Crippen LogP contribution is -2.35. The highest BCUT2D eigenvalue weighted by atomic mass is 16.5. The van der Waals surface area contributed by atoms with Gasteiger partial charge in [-0.1, -0.05) is 36.1 Å². The minimum atomic E-state index is 0.106. The maximum absolute atomic E-state index is 10.2. The predicted octanol–water partition coefficient (Wildman–Crippen LogP) is 3.95. The van der Waals surface area contributed by atoms with Crippen LogP contribution in [0.25, 0.3) is 0 Å². The van der Waals surface area contributed by atoms with Gasteiger partial charge in [-0.25, -0.2) is 15.0 Å². The molecule has 7 heteroatoms. The molecule has 0 bridgehead atoms. The van der Waals surface area contributed by atoms with E-state index in [9.17, 15) is 5.11 Å². The number of hydrogen-bond acceptors (Lipinski definition) is 6. The van der Waals surface area contributed by atoms with Crippen LogP contribution in [-0.2, 0) is 24.2 Å². The van der Waals surface area contributed by atoms with Crippen molar-refractivity contribution in [3.05, 3.63) is 107 Å². The first-order valence-electron chi connectivity index (χ1n) is 12.6. The maximum Gasteiger partial charge on any atom is 0.155 e. The van der Waals surface area contributed by atoms with Crippen molar-refractivity contribution in [3.63, 3.8) is 0 Å². The summed E-state index contributed by atoms with van der Waals surface area (Å²) in [4.78, 5) is 15.0. The Kier molecular flexibility index (Phi) is 7.90. The van der Waals surface area contributed by atoms with Crippen LogP contribution in [0, 0.1) is 18.8 Å². The smallest absolute Gasteiger partial charge is 0.155 e. The van der Waals surface area contributed by atoms with Crippen LogP contribution >= 0.6 is 0 Å². The molecular weight excluding hydrogens is 462 g/mol. The minimum Gasteiger partial charge on any atom is -0.504 e. The Morgan fingerprint density at radius 3 is 2.32 bits per heavy atom. The van der Waals surface area contributed by atoms with Gasteiger partial charge in [-0.15, -0.1) is 0 Å². The maximum atomic E-state index is 10.2. The molecule has 1 atom stereocenters. The quantitative estimate of drug-likeness (QED) is 0.393. The largest absolute Gasteiger partial charge is 0.504 e. The molecule has 1 N–H and O–H groups in total. The van der Waals surface area contributed by atoms with Crippen LogP contribution in [0.2, 0.25) is 0 Å². The summed E-state index contributed by atoms with van der Waals surface area (Å²) in [7, 11) is 0. The first kappa shape index (κ1) is 24.7. The van der Waals surface area contributed by atoms with E-state index in [2.05, 4.69) is 84.8 Å². The molecule has 0 spiro atoms. The summed E-state index contributed by atoms with van der Waals surface area (Å²) in [5, 5.41) is 10.2. The molecule has 1 aliphatic rings. The highest BCUT2D eigenvalue weighted by Gasteiger charge is 2.17. The molecule has 1 aliphatic heterocycles. The molecule has 37 heavy (non-hydrogen) atoms. The van der Waals surface area contributed by atoms with Crippen LogP contribution in [-0.4, -0.2) is 55.8 Å². The number of benzene rings is 2. The molecule has 5 rings (SSSR count). The van der Waals surface area contributed by atoms with Crippen molar-refractivity contribution in [2.45, 2.75) is 32.4 Å². The third-order valence-electron chi connectivity index (χ3n) is 6.75. The van der Waals surface area contributed by atoms with Gasteiger partial charge in [-0.2, -0.15) is 0 Å². The number of aryl methyl sites for hydroxylation is 1. The molecule has 0 amide bonds. The van der Waals surface area contributed by atoms with Crippen molar-refractivity contribution in [3.8, 4) is 17.6 Å². The number of imidazole rings is 1. The van der Waals surface area contributed by atoms with Crippen molar-refractivity contribution in [1.82, 2.24) is 24.4 Å². The molecule has 2 aromatic heterocycles. The third-order valence-corrected chi connectivity index (χ3v) is 6.75. The molecule has 1 saturated heterocycles. The van der Waals surface area contributed by atoms with E-state index >= 15 is 0 Å². The van der Waals surface area contributed by atoms with Crippen molar-refractivity contribution < 1.29 is 9.84 Å². The van der Waals surface area contributed by atoms with E-state index in [4.69, 9.17) is 4.74 Å². The summed E-state index contributed by atoms with van der Waals surface area (Å²) in [5.41, 5.74) is 5.06. The second-order valence-electron chi connectivity index (χ2n) is 9.34.